The molecule has 1 aliphatic heterocycles. The number of benzene rings is 1. The minimum Gasteiger partial charge on any atom is -0.384 e. The molecule has 0 bridgehead atoms. The van der Waals surface area contributed by atoms with E-state index in [1.54, 1.807) is 4.31 Å². The summed E-state index contributed by atoms with van der Waals surface area (Å²) in [6, 6.07) is 7.80. The first kappa shape index (κ1) is 17.7. The first-order chi connectivity index (χ1) is 10.5. The van der Waals surface area contributed by atoms with Gasteiger partial charge >= 0.3 is 0 Å². The van der Waals surface area contributed by atoms with Gasteiger partial charge in [0.05, 0.1) is 12.4 Å². The lowest BCUT2D eigenvalue weighted by Crippen LogP contribution is -2.37. The van der Waals surface area contributed by atoms with Gasteiger partial charge in [-0.1, -0.05) is 23.7 Å². The lowest BCUT2D eigenvalue weighted by atomic mass is 10.2. The summed E-state index contributed by atoms with van der Waals surface area (Å²) < 4.78 is 30.9. The van der Waals surface area contributed by atoms with Gasteiger partial charge in [0, 0.05) is 38.3 Å². The van der Waals surface area contributed by atoms with Crippen LogP contribution in [0.3, 0.4) is 0 Å². The van der Waals surface area contributed by atoms with E-state index in [0.717, 1.165) is 31.1 Å². The Labute approximate surface area is 137 Å². The summed E-state index contributed by atoms with van der Waals surface area (Å²) in [6.07, 6.45) is 0.847. The van der Waals surface area contributed by atoms with Crippen molar-refractivity contribution < 1.29 is 13.2 Å². The molecule has 1 aliphatic rings. The van der Waals surface area contributed by atoms with Crippen molar-refractivity contribution in [3.63, 3.8) is 0 Å². The van der Waals surface area contributed by atoms with E-state index >= 15 is 0 Å². The molecule has 0 atom stereocenters. The van der Waals surface area contributed by atoms with Gasteiger partial charge in [-0.3, -0.25) is 4.90 Å². The normalized spacial score (nSPS) is 18.3. The number of hydrogen-bond donors (Lipinski definition) is 0. The maximum Gasteiger partial charge on any atom is 0.216 e. The molecule has 0 N–H and O–H groups in total. The number of rotatable bonds is 6. The first-order valence-corrected chi connectivity index (χ1v) is 9.43. The zero-order valence-corrected chi connectivity index (χ0v) is 14.4. The third kappa shape index (κ3) is 5.21. The first-order valence-electron chi connectivity index (χ1n) is 7.45. The van der Waals surface area contributed by atoms with Crippen LogP contribution in [-0.4, -0.2) is 63.3 Å². The Kier molecular flexibility index (Phi) is 6.65. The molecule has 0 amide bonds. The molecule has 124 valence electrons. The minimum atomic E-state index is -3.21. The van der Waals surface area contributed by atoms with Crippen molar-refractivity contribution in [1.82, 2.24) is 9.21 Å². The molecule has 0 aromatic heterocycles. The Balaban J connectivity index is 1.90. The van der Waals surface area contributed by atoms with Gasteiger partial charge in [-0.25, -0.2) is 12.7 Å². The second kappa shape index (κ2) is 8.26. The van der Waals surface area contributed by atoms with E-state index in [-0.39, 0.29) is 12.4 Å². The molecule has 1 fully saturated rings. The topological polar surface area (TPSA) is 49.9 Å². The molecule has 1 aromatic rings. The average Bonchev–Trinajstić information content (AvgIpc) is 2.74. The highest BCUT2D eigenvalue weighted by atomic mass is 35.5. The van der Waals surface area contributed by atoms with Crippen LogP contribution in [-0.2, 0) is 21.3 Å². The number of hydrogen-bond acceptors (Lipinski definition) is 4. The Bertz CT molecular complexity index is 563. The van der Waals surface area contributed by atoms with Crippen molar-refractivity contribution >= 4 is 21.6 Å². The summed E-state index contributed by atoms with van der Waals surface area (Å²) in [4.78, 5) is 2.29. The molecule has 22 heavy (non-hydrogen) atoms. The van der Waals surface area contributed by atoms with Crippen molar-refractivity contribution in [2.24, 2.45) is 0 Å². The van der Waals surface area contributed by atoms with E-state index in [1.807, 2.05) is 24.3 Å². The smallest absolute Gasteiger partial charge is 0.216 e. The molecule has 2 rings (SSSR count). The summed E-state index contributed by atoms with van der Waals surface area (Å²) in [6.45, 7) is 3.84. The van der Waals surface area contributed by atoms with Crippen LogP contribution in [0.25, 0.3) is 0 Å². The van der Waals surface area contributed by atoms with Crippen molar-refractivity contribution in [3.8, 4) is 0 Å². The van der Waals surface area contributed by atoms with Crippen LogP contribution in [0.15, 0.2) is 24.3 Å². The van der Waals surface area contributed by atoms with E-state index in [4.69, 9.17) is 16.3 Å². The van der Waals surface area contributed by atoms with E-state index in [2.05, 4.69) is 4.90 Å². The molecule has 1 aromatic carbocycles. The molecule has 0 radical (unpaired) electrons. The van der Waals surface area contributed by atoms with Crippen LogP contribution in [0, 0.1) is 0 Å². The summed E-state index contributed by atoms with van der Waals surface area (Å²) in [5, 5.41) is 0.732. The molecule has 0 saturated carbocycles. The van der Waals surface area contributed by atoms with E-state index < -0.39 is 10.0 Å². The Morgan fingerprint density at radius 3 is 2.55 bits per heavy atom. The van der Waals surface area contributed by atoms with Crippen LogP contribution in [0.2, 0.25) is 5.02 Å². The SMILES string of the molecule is COCCS(=O)(=O)N1CCCN(Cc2ccc(Cl)cc2)CC1. The number of sulfonamides is 1. The third-order valence-electron chi connectivity index (χ3n) is 3.81. The largest absolute Gasteiger partial charge is 0.384 e. The van der Waals surface area contributed by atoms with Gasteiger partial charge in [0.1, 0.15) is 0 Å². The Hall–Kier alpha value is -0.660. The van der Waals surface area contributed by atoms with E-state index in [1.165, 1.54) is 12.7 Å². The van der Waals surface area contributed by atoms with Gasteiger partial charge in [0.15, 0.2) is 0 Å². The third-order valence-corrected chi connectivity index (χ3v) is 5.89. The number of halogens is 1. The highest BCUT2D eigenvalue weighted by Gasteiger charge is 2.24. The van der Waals surface area contributed by atoms with E-state index in [0.29, 0.717) is 13.1 Å². The second-order valence-corrected chi connectivity index (χ2v) is 7.99. The molecule has 0 unspecified atom stereocenters. The van der Waals surface area contributed by atoms with Gasteiger partial charge in [-0.2, -0.15) is 0 Å². The predicted octanol–water partition coefficient (Wildman–Crippen LogP) is 1.82. The fraction of sp³-hybridized carbons (Fsp3) is 0.600. The van der Waals surface area contributed by atoms with Crippen molar-refractivity contribution in [1.29, 1.82) is 0 Å². The van der Waals surface area contributed by atoms with Crippen LogP contribution in [0.1, 0.15) is 12.0 Å². The number of ether oxygens (including phenoxy) is 1. The lowest BCUT2D eigenvalue weighted by Gasteiger charge is -2.21. The van der Waals surface area contributed by atoms with Crippen molar-refractivity contribution in [2.75, 3.05) is 45.6 Å². The second-order valence-electron chi connectivity index (χ2n) is 5.46. The molecule has 0 spiro atoms. The van der Waals surface area contributed by atoms with Crippen LogP contribution in [0.5, 0.6) is 0 Å². The van der Waals surface area contributed by atoms with Gasteiger partial charge in [0.2, 0.25) is 10.0 Å². The van der Waals surface area contributed by atoms with Crippen LogP contribution < -0.4 is 0 Å². The van der Waals surface area contributed by atoms with Gasteiger partial charge in [0.25, 0.3) is 0 Å². The van der Waals surface area contributed by atoms with Crippen molar-refractivity contribution in [2.45, 2.75) is 13.0 Å². The molecular formula is C15H23ClN2O3S. The quantitative estimate of drug-likeness (QED) is 0.788. The lowest BCUT2D eigenvalue weighted by molar-refractivity contribution is 0.215. The fourth-order valence-electron chi connectivity index (χ4n) is 2.55. The average molecular weight is 347 g/mol. The highest BCUT2D eigenvalue weighted by molar-refractivity contribution is 7.89. The zero-order valence-electron chi connectivity index (χ0n) is 12.9. The zero-order chi connectivity index (χ0) is 16.0. The molecule has 1 heterocycles. The van der Waals surface area contributed by atoms with Crippen LogP contribution >= 0.6 is 11.6 Å². The summed E-state index contributed by atoms with van der Waals surface area (Å²) >= 11 is 5.89. The Morgan fingerprint density at radius 2 is 1.86 bits per heavy atom. The fourth-order valence-corrected chi connectivity index (χ4v) is 4.08. The summed E-state index contributed by atoms with van der Waals surface area (Å²) in [5.74, 6) is 0.0562. The monoisotopic (exact) mass is 346 g/mol. The summed E-state index contributed by atoms with van der Waals surface area (Å²) in [7, 11) is -1.69. The standard InChI is InChI=1S/C15H23ClN2O3S/c1-21-11-12-22(19,20)18-8-2-7-17(9-10-18)13-14-3-5-15(16)6-4-14/h3-6H,2,7-13H2,1H3. The molecule has 0 aliphatic carbocycles. The molecule has 7 heteroatoms. The van der Waals surface area contributed by atoms with Gasteiger partial charge < -0.3 is 4.74 Å². The summed E-state index contributed by atoms with van der Waals surface area (Å²) in [5.41, 5.74) is 1.19. The molecule has 1 saturated heterocycles. The van der Waals surface area contributed by atoms with Crippen LogP contribution in [0.4, 0.5) is 0 Å². The number of methoxy groups -OCH3 is 1. The molecule has 5 nitrogen and oxygen atoms in total. The van der Waals surface area contributed by atoms with Gasteiger partial charge in [-0.05, 0) is 30.7 Å². The maximum absolute atomic E-state index is 12.2. The highest BCUT2D eigenvalue weighted by Crippen LogP contribution is 2.14. The Morgan fingerprint density at radius 1 is 1.14 bits per heavy atom. The van der Waals surface area contributed by atoms with Gasteiger partial charge in [-0.15, -0.1) is 0 Å². The number of nitrogens with zero attached hydrogens (tertiary/aromatic N) is 2. The van der Waals surface area contributed by atoms with E-state index in [9.17, 15) is 8.42 Å². The van der Waals surface area contributed by atoms with Crippen molar-refractivity contribution in [3.05, 3.63) is 34.9 Å². The molecular weight excluding hydrogens is 324 g/mol. The maximum atomic E-state index is 12.2. The minimum absolute atomic E-state index is 0.0562. The predicted molar refractivity (Wildman–Crippen MR) is 88.6 cm³/mol.